The van der Waals surface area contributed by atoms with E-state index in [0.29, 0.717) is 12.1 Å². The van der Waals surface area contributed by atoms with Gasteiger partial charge in [-0.1, -0.05) is 23.1 Å². The minimum atomic E-state index is 0.0312. The van der Waals surface area contributed by atoms with E-state index in [2.05, 4.69) is 16.7 Å². The van der Waals surface area contributed by atoms with Crippen LogP contribution in [0, 0.1) is 0 Å². The molecule has 2 N–H and O–H groups in total. The second-order valence-corrected chi connectivity index (χ2v) is 8.69. The molecule has 0 saturated carbocycles. The van der Waals surface area contributed by atoms with Crippen molar-refractivity contribution in [1.82, 2.24) is 10.6 Å². The van der Waals surface area contributed by atoms with Crippen LogP contribution in [-0.4, -0.2) is 31.1 Å². The molecule has 2 aliphatic heterocycles. The molecule has 1 aromatic carbocycles. The summed E-state index contributed by atoms with van der Waals surface area (Å²) < 4.78 is 6.39. The van der Waals surface area contributed by atoms with Crippen molar-refractivity contribution in [3.63, 3.8) is 0 Å². The van der Waals surface area contributed by atoms with E-state index >= 15 is 0 Å². The number of hydrogen-bond acceptors (Lipinski definition) is 5. The topological polar surface area (TPSA) is 50.4 Å². The van der Waals surface area contributed by atoms with Crippen LogP contribution in [0.2, 0.25) is 0 Å². The SMILES string of the molecule is COc1ccc(Sc2ccc(C(=O)NC3CC4CCC3N4)cc2)s1. The van der Waals surface area contributed by atoms with Crippen molar-refractivity contribution in [1.29, 1.82) is 0 Å². The van der Waals surface area contributed by atoms with E-state index in [-0.39, 0.29) is 11.9 Å². The van der Waals surface area contributed by atoms with Crippen LogP contribution in [0.25, 0.3) is 0 Å². The largest absolute Gasteiger partial charge is 0.487 e. The van der Waals surface area contributed by atoms with E-state index < -0.39 is 0 Å². The van der Waals surface area contributed by atoms with Crippen molar-refractivity contribution in [3.05, 3.63) is 42.0 Å². The van der Waals surface area contributed by atoms with Crippen LogP contribution in [0.3, 0.4) is 0 Å². The number of fused-ring (bicyclic) bond motifs is 2. The van der Waals surface area contributed by atoms with Crippen molar-refractivity contribution in [2.24, 2.45) is 0 Å². The lowest BCUT2D eigenvalue weighted by molar-refractivity contribution is 0.0931. The first kappa shape index (κ1) is 16.0. The number of rotatable bonds is 5. The molecule has 126 valence electrons. The highest BCUT2D eigenvalue weighted by Gasteiger charge is 2.39. The number of ether oxygens (including phenoxy) is 1. The summed E-state index contributed by atoms with van der Waals surface area (Å²) in [6.45, 7) is 0. The van der Waals surface area contributed by atoms with Gasteiger partial charge in [0.05, 0.1) is 11.3 Å². The minimum absolute atomic E-state index is 0.0312. The number of carbonyl (C=O) groups excluding carboxylic acids is 1. The van der Waals surface area contributed by atoms with Gasteiger partial charge in [0.25, 0.3) is 5.91 Å². The fraction of sp³-hybridized carbons (Fsp3) is 0.389. The zero-order valence-electron chi connectivity index (χ0n) is 13.5. The normalized spacial score (nSPS) is 25.0. The third-order valence-electron chi connectivity index (χ3n) is 4.71. The number of nitrogens with one attached hydrogen (secondary N) is 2. The Morgan fingerprint density at radius 2 is 2.08 bits per heavy atom. The number of carbonyl (C=O) groups is 1. The molecular formula is C18H20N2O2S2. The Balaban J connectivity index is 1.37. The molecule has 3 atom stereocenters. The Morgan fingerprint density at radius 1 is 1.25 bits per heavy atom. The highest BCUT2D eigenvalue weighted by molar-refractivity contribution is 8.01. The molecule has 2 fully saturated rings. The summed E-state index contributed by atoms with van der Waals surface area (Å²) in [6.07, 6.45) is 3.48. The third kappa shape index (κ3) is 3.31. The van der Waals surface area contributed by atoms with Crippen LogP contribution < -0.4 is 15.4 Å². The summed E-state index contributed by atoms with van der Waals surface area (Å²) in [4.78, 5) is 13.6. The summed E-state index contributed by atoms with van der Waals surface area (Å²) in [5.41, 5.74) is 0.728. The van der Waals surface area contributed by atoms with Gasteiger partial charge in [0, 0.05) is 28.6 Å². The summed E-state index contributed by atoms with van der Waals surface area (Å²) >= 11 is 3.30. The summed E-state index contributed by atoms with van der Waals surface area (Å²) in [5.74, 6) is 0.0312. The first-order valence-corrected chi connectivity index (χ1v) is 9.83. The zero-order valence-corrected chi connectivity index (χ0v) is 15.1. The Kier molecular flexibility index (Phi) is 4.52. The molecule has 1 aromatic heterocycles. The van der Waals surface area contributed by atoms with Gasteiger partial charge >= 0.3 is 0 Å². The average Bonchev–Trinajstić information content (AvgIpc) is 3.32. The molecule has 2 saturated heterocycles. The van der Waals surface area contributed by atoms with Crippen molar-refractivity contribution < 1.29 is 9.53 Å². The standard InChI is InChI=1S/C18H20N2O2S2/c1-22-16-8-9-17(24-16)23-13-5-2-11(3-6-13)18(21)20-15-10-12-4-7-14(15)19-12/h2-3,5-6,8-9,12,14-15,19H,4,7,10H2,1H3,(H,20,21). The molecule has 2 aliphatic rings. The number of hydrogen-bond donors (Lipinski definition) is 2. The van der Waals surface area contributed by atoms with Crippen LogP contribution in [0.15, 0.2) is 45.5 Å². The fourth-order valence-electron chi connectivity index (χ4n) is 3.49. The lowest BCUT2D eigenvalue weighted by Crippen LogP contribution is -2.42. The maximum atomic E-state index is 12.4. The molecule has 3 unspecified atom stereocenters. The fourth-order valence-corrected chi connectivity index (χ4v) is 5.39. The molecule has 0 radical (unpaired) electrons. The van der Waals surface area contributed by atoms with Crippen molar-refractivity contribution in [2.75, 3.05) is 7.11 Å². The second-order valence-electron chi connectivity index (χ2n) is 6.27. The average molecular weight is 361 g/mol. The van der Waals surface area contributed by atoms with Crippen LogP contribution in [-0.2, 0) is 0 Å². The number of thiophene rings is 1. The summed E-state index contributed by atoms with van der Waals surface area (Å²) in [5, 5.41) is 7.64. The highest BCUT2D eigenvalue weighted by Crippen LogP contribution is 2.36. The molecule has 24 heavy (non-hydrogen) atoms. The Hall–Kier alpha value is -1.50. The van der Waals surface area contributed by atoms with E-state index in [1.54, 1.807) is 30.2 Å². The van der Waals surface area contributed by atoms with E-state index in [4.69, 9.17) is 4.74 Å². The maximum absolute atomic E-state index is 12.4. The molecular weight excluding hydrogens is 340 g/mol. The van der Waals surface area contributed by atoms with Gasteiger partial charge in [-0.25, -0.2) is 0 Å². The van der Waals surface area contributed by atoms with Crippen molar-refractivity contribution >= 4 is 29.0 Å². The molecule has 3 heterocycles. The second kappa shape index (κ2) is 6.78. The number of methoxy groups -OCH3 is 1. The van der Waals surface area contributed by atoms with Gasteiger partial charge in [-0.2, -0.15) is 0 Å². The molecule has 2 aromatic rings. The van der Waals surface area contributed by atoms with Gasteiger partial charge in [0.1, 0.15) is 0 Å². The number of amides is 1. The van der Waals surface area contributed by atoms with E-state index in [0.717, 1.165) is 21.9 Å². The molecule has 1 amide bonds. The minimum Gasteiger partial charge on any atom is -0.487 e. The monoisotopic (exact) mass is 360 g/mol. The van der Waals surface area contributed by atoms with Gasteiger partial charge < -0.3 is 15.4 Å². The molecule has 2 bridgehead atoms. The van der Waals surface area contributed by atoms with Crippen LogP contribution in [0.4, 0.5) is 0 Å². The molecule has 0 spiro atoms. The predicted octanol–water partition coefficient (Wildman–Crippen LogP) is 3.53. The lowest BCUT2D eigenvalue weighted by atomic mass is 9.95. The predicted molar refractivity (Wildman–Crippen MR) is 97.3 cm³/mol. The van der Waals surface area contributed by atoms with Gasteiger partial charge in [-0.15, -0.1) is 0 Å². The van der Waals surface area contributed by atoms with Crippen LogP contribution in [0.5, 0.6) is 5.06 Å². The number of benzene rings is 1. The summed E-state index contributed by atoms with van der Waals surface area (Å²) in [6, 6.07) is 13.2. The smallest absolute Gasteiger partial charge is 0.251 e. The van der Waals surface area contributed by atoms with Gasteiger partial charge in [-0.05, 0) is 55.7 Å². The lowest BCUT2D eigenvalue weighted by Gasteiger charge is -2.21. The van der Waals surface area contributed by atoms with E-state index in [1.165, 1.54) is 17.1 Å². The third-order valence-corrected chi connectivity index (χ3v) is 6.90. The van der Waals surface area contributed by atoms with E-state index in [9.17, 15) is 4.79 Å². The molecule has 6 heteroatoms. The maximum Gasteiger partial charge on any atom is 0.251 e. The molecule has 0 aliphatic carbocycles. The first-order chi connectivity index (χ1) is 11.7. The first-order valence-electron chi connectivity index (χ1n) is 8.20. The zero-order chi connectivity index (χ0) is 16.5. The highest BCUT2D eigenvalue weighted by atomic mass is 32.2. The summed E-state index contributed by atoms with van der Waals surface area (Å²) in [7, 11) is 1.68. The quantitative estimate of drug-likeness (QED) is 0.856. The Morgan fingerprint density at radius 3 is 2.71 bits per heavy atom. The van der Waals surface area contributed by atoms with Gasteiger partial charge in [-0.3, -0.25) is 4.79 Å². The van der Waals surface area contributed by atoms with Crippen molar-refractivity contribution in [3.8, 4) is 5.06 Å². The Labute approximate surface area is 150 Å². The molecule has 4 rings (SSSR count). The van der Waals surface area contributed by atoms with Gasteiger partial charge in [0.2, 0.25) is 0 Å². The van der Waals surface area contributed by atoms with E-state index in [1.807, 2.05) is 30.3 Å². The molecule has 4 nitrogen and oxygen atoms in total. The van der Waals surface area contributed by atoms with Gasteiger partial charge in [0.15, 0.2) is 5.06 Å². The van der Waals surface area contributed by atoms with Crippen LogP contribution in [0.1, 0.15) is 29.6 Å². The van der Waals surface area contributed by atoms with Crippen molar-refractivity contribution in [2.45, 2.75) is 46.5 Å². The Bertz CT molecular complexity index is 729. The van der Waals surface area contributed by atoms with Crippen LogP contribution >= 0.6 is 23.1 Å².